The third-order valence-corrected chi connectivity index (χ3v) is 7.97. The molecule has 0 amide bonds. The van der Waals surface area contributed by atoms with Gasteiger partial charge in [0.15, 0.2) is 0 Å². The molecule has 0 saturated heterocycles. The van der Waals surface area contributed by atoms with E-state index < -0.39 is 0 Å². The Morgan fingerprint density at radius 1 is 1.14 bits per heavy atom. The number of hydrogen-bond acceptors (Lipinski definition) is 9. The van der Waals surface area contributed by atoms with Gasteiger partial charge in [0, 0.05) is 81.6 Å². The van der Waals surface area contributed by atoms with Gasteiger partial charge in [-0.3, -0.25) is 10.1 Å². The lowest BCUT2D eigenvalue weighted by molar-refractivity contribution is -0.384. The van der Waals surface area contributed by atoms with Gasteiger partial charge in [0.2, 0.25) is 5.95 Å². The molecule has 12 nitrogen and oxygen atoms in total. The number of aromatic nitrogens is 5. The summed E-state index contributed by atoms with van der Waals surface area (Å²) < 4.78 is 9.93. The predicted molar refractivity (Wildman–Crippen MR) is 168 cm³/mol. The number of methoxy groups -OCH3 is 1. The maximum absolute atomic E-state index is 12.2. The number of ether oxygens (including phenoxy) is 1. The van der Waals surface area contributed by atoms with Crippen molar-refractivity contribution < 1.29 is 9.66 Å². The molecule has 0 spiro atoms. The van der Waals surface area contributed by atoms with Crippen LogP contribution in [0.1, 0.15) is 12.0 Å². The number of anilines is 3. The topological polar surface area (TPSA) is 119 Å². The summed E-state index contributed by atoms with van der Waals surface area (Å²) in [4.78, 5) is 29.9. The van der Waals surface area contributed by atoms with Crippen LogP contribution in [-0.2, 0) is 20.0 Å². The smallest absolute Gasteiger partial charge is 0.294 e. The highest BCUT2D eigenvalue weighted by Gasteiger charge is 2.25. The first-order chi connectivity index (χ1) is 20.7. The lowest BCUT2D eigenvalue weighted by Gasteiger charge is -2.22. The molecule has 0 atom stereocenters. The Bertz CT molecular complexity index is 1830. The zero-order valence-corrected chi connectivity index (χ0v) is 25.0. The van der Waals surface area contributed by atoms with Gasteiger partial charge in [-0.15, -0.1) is 0 Å². The Hall–Kier alpha value is -4.97. The molecule has 1 aliphatic rings. The van der Waals surface area contributed by atoms with Crippen LogP contribution in [0.2, 0.25) is 0 Å². The standard InChI is InChI=1S/C31H35N9O3/c1-36(2)14-15-37(3)25-17-27(43-5)24(16-26(25)40(41)42)34-31-33-18-22(30-32-11-13-38(30)4)28(35-31)23-19-39-12-7-9-20-8-6-10-21(23)29(20)39/h6,8,10-11,13,16-19H,7,9,12,14-15H2,1-5H3,(H,33,34,35). The van der Waals surface area contributed by atoms with Crippen molar-refractivity contribution in [2.24, 2.45) is 7.05 Å². The lowest BCUT2D eigenvalue weighted by atomic mass is 10.0. The third kappa shape index (κ3) is 5.25. The number of hydrogen-bond donors (Lipinski definition) is 1. The molecule has 0 fully saturated rings. The molecule has 1 N–H and O–H groups in total. The molecule has 2 aromatic carbocycles. The number of nitrogens with one attached hydrogen (secondary N) is 1. The Morgan fingerprint density at radius 3 is 2.70 bits per heavy atom. The van der Waals surface area contributed by atoms with Crippen LogP contribution in [0.15, 0.2) is 55.1 Å². The molecule has 0 bridgehead atoms. The van der Waals surface area contributed by atoms with E-state index in [1.165, 1.54) is 17.1 Å². The van der Waals surface area contributed by atoms with Gasteiger partial charge < -0.3 is 29.0 Å². The highest BCUT2D eigenvalue weighted by Crippen LogP contribution is 2.41. The second-order valence-electron chi connectivity index (χ2n) is 11.1. The SMILES string of the molecule is COc1cc(N(C)CCN(C)C)c([N+](=O)[O-])cc1Nc1ncc(-c2nccn2C)c(-c2cn3c4c(cccc24)CCC3)n1. The number of nitro benzene ring substituents is 1. The van der Waals surface area contributed by atoms with Crippen molar-refractivity contribution in [2.75, 3.05) is 51.6 Å². The molecule has 43 heavy (non-hydrogen) atoms. The first kappa shape index (κ1) is 28.2. The van der Waals surface area contributed by atoms with Gasteiger partial charge in [0.25, 0.3) is 5.69 Å². The van der Waals surface area contributed by atoms with E-state index in [1.54, 1.807) is 25.6 Å². The highest BCUT2D eigenvalue weighted by molar-refractivity contribution is 6.00. The number of imidazole rings is 1. The Morgan fingerprint density at radius 2 is 1.98 bits per heavy atom. The molecule has 3 aromatic heterocycles. The average Bonchev–Trinajstić information content (AvgIpc) is 3.60. The van der Waals surface area contributed by atoms with Crippen LogP contribution >= 0.6 is 0 Å². The van der Waals surface area contributed by atoms with E-state index in [0.29, 0.717) is 29.6 Å². The summed E-state index contributed by atoms with van der Waals surface area (Å²) in [5.74, 6) is 1.48. The highest BCUT2D eigenvalue weighted by atomic mass is 16.6. The van der Waals surface area contributed by atoms with Crippen LogP contribution in [0.5, 0.6) is 5.75 Å². The van der Waals surface area contributed by atoms with E-state index in [-0.39, 0.29) is 10.6 Å². The molecule has 6 rings (SSSR count). The largest absolute Gasteiger partial charge is 0.494 e. The van der Waals surface area contributed by atoms with Crippen molar-refractivity contribution in [3.63, 3.8) is 0 Å². The van der Waals surface area contributed by atoms with Crippen LogP contribution in [0.25, 0.3) is 33.5 Å². The summed E-state index contributed by atoms with van der Waals surface area (Å²) in [6.45, 7) is 2.30. The first-order valence-corrected chi connectivity index (χ1v) is 14.2. The number of aryl methyl sites for hydroxylation is 3. The Balaban J connectivity index is 1.46. The normalized spacial score (nSPS) is 12.6. The van der Waals surface area contributed by atoms with Crippen LogP contribution in [-0.4, -0.2) is 75.3 Å². The zero-order chi connectivity index (χ0) is 30.2. The Labute approximate surface area is 249 Å². The maximum Gasteiger partial charge on any atom is 0.294 e. The molecule has 0 saturated carbocycles. The molecule has 0 aliphatic carbocycles. The molecular formula is C31H35N9O3. The van der Waals surface area contributed by atoms with E-state index in [0.717, 1.165) is 54.0 Å². The fourth-order valence-corrected chi connectivity index (χ4v) is 5.75. The van der Waals surface area contributed by atoms with Crippen molar-refractivity contribution >= 4 is 33.9 Å². The quantitative estimate of drug-likeness (QED) is 0.177. The van der Waals surface area contributed by atoms with Crippen molar-refractivity contribution in [1.29, 1.82) is 0 Å². The van der Waals surface area contributed by atoms with E-state index in [1.807, 2.05) is 48.8 Å². The van der Waals surface area contributed by atoms with Crippen molar-refractivity contribution in [3.05, 3.63) is 70.8 Å². The Kier molecular flexibility index (Phi) is 7.45. The van der Waals surface area contributed by atoms with Gasteiger partial charge in [0.1, 0.15) is 17.3 Å². The maximum atomic E-state index is 12.2. The molecule has 222 valence electrons. The average molecular weight is 582 g/mol. The molecule has 5 aromatic rings. The van der Waals surface area contributed by atoms with Gasteiger partial charge in [-0.1, -0.05) is 18.2 Å². The number of nitrogens with zero attached hydrogens (tertiary/aromatic N) is 8. The summed E-state index contributed by atoms with van der Waals surface area (Å²) >= 11 is 0. The minimum atomic E-state index is -0.378. The lowest BCUT2D eigenvalue weighted by Crippen LogP contribution is -2.28. The van der Waals surface area contributed by atoms with Crippen molar-refractivity contribution in [3.8, 4) is 28.4 Å². The van der Waals surface area contributed by atoms with Crippen molar-refractivity contribution in [1.82, 2.24) is 29.0 Å². The number of rotatable bonds is 10. The molecule has 12 heteroatoms. The van der Waals surface area contributed by atoms with Gasteiger partial charge in [0.05, 0.1) is 34.5 Å². The van der Waals surface area contributed by atoms with E-state index in [4.69, 9.17) is 9.72 Å². The summed E-state index contributed by atoms with van der Waals surface area (Å²) in [5, 5.41) is 16.5. The summed E-state index contributed by atoms with van der Waals surface area (Å²) in [5.41, 5.74) is 5.89. The van der Waals surface area contributed by atoms with Crippen LogP contribution in [0.3, 0.4) is 0 Å². The van der Waals surface area contributed by atoms with E-state index in [9.17, 15) is 10.1 Å². The molecule has 4 heterocycles. The number of para-hydroxylation sites is 1. The first-order valence-electron chi connectivity index (χ1n) is 14.2. The van der Waals surface area contributed by atoms with Crippen LogP contribution in [0, 0.1) is 10.1 Å². The van der Waals surface area contributed by atoms with Crippen LogP contribution < -0.4 is 15.0 Å². The van der Waals surface area contributed by atoms with Gasteiger partial charge >= 0.3 is 0 Å². The molecular weight excluding hydrogens is 546 g/mol. The van der Waals surface area contributed by atoms with Gasteiger partial charge in [-0.25, -0.2) is 15.0 Å². The number of likely N-dealkylation sites (N-methyl/N-ethyl adjacent to an activating group) is 2. The second-order valence-corrected chi connectivity index (χ2v) is 11.1. The van der Waals surface area contributed by atoms with E-state index in [2.05, 4.69) is 44.2 Å². The molecule has 0 unspecified atom stereocenters. The third-order valence-electron chi connectivity index (χ3n) is 7.97. The molecule has 1 aliphatic heterocycles. The summed E-state index contributed by atoms with van der Waals surface area (Å²) in [6.07, 6.45) is 9.69. The van der Waals surface area contributed by atoms with Gasteiger partial charge in [-0.2, -0.15) is 0 Å². The predicted octanol–water partition coefficient (Wildman–Crippen LogP) is 5.10. The number of nitro groups is 1. The monoisotopic (exact) mass is 581 g/mol. The minimum Gasteiger partial charge on any atom is -0.494 e. The van der Waals surface area contributed by atoms with E-state index >= 15 is 0 Å². The fraction of sp³-hybridized carbons (Fsp3) is 0.323. The summed E-state index contributed by atoms with van der Waals surface area (Å²) in [6, 6.07) is 9.58. The number of benzene rings is 2. The van der Waals surface area contributed by atoms with Crippen LogP contribution in [0.4, 0.5) is 23.0 Å². The van der Waals surface area contributed by atoms with Gasteiger partial charge in [-0.05, 0) is 32.5 Å². The minimum absolute atomic E-state index is 0.0385. The summed E-state index contributed by atoms with van der Waals surface area (Å²) in [7, 11) is 9.25. The molecule has 0 radical (unpaired) electrons. The zero-order valence-electron chi connectivity index (χ0n) is 25.0. The fourth-order valence-electron chi connectivity index (χ4n) is 5.75. The second kappa shape index (κ2) is 11.4. The van der Waals surface area contributed by atoms with Crippen molar-refractivity contribution in [2.45, 2.75) is 19.4 Å².